The van der Waals surface area contributed by atoms with Crippen LogP contribution in [0.2, 0.25) is 0 Å². The van der Waals surface area contributed by atoms with Gasteiger partial charge in [0.05, 0.1) is 22.1 Å². The number of carbonyl (C=O) groups is 1. The first kappa shape index (κ1) is 19.7. The van der Waals surface area contributed by atoms with Crippen molar-refractivity contribution >= 4 is 33.6 Å². The number of carbonyl (C=O) groups excluding carboxylic acids is 1. The first-order chi connectivity index (χ1) is 11.9. The number of hydrogen-bond acceptors (Lipinski definition) is 7. The molecule has 1 aliphatic rings. The quantitative estimate of drug-likeness (QED) is 0.618. The highest BCUT2D eigenvalue weighted by Gasteiger charge is 2.35. The predicted molar refractivity (Wildman–Crippen MR) is 95.7 cm³/mol. The molecule has 2 aromatic heterocycles. The average Bonchev–Trinajstić information content (AvgIpc) is 3.14. The van der Waals surface area contributed by atoms with Crippen molar-refractivity contribution in [2.75, 3.05) is 6.61 Å². The molecule has 0 aliphatic carbocycles. The molecule has 3 atom stereocenters. The predicted octanol–water partition coefficient (Wildman–Crippen LogP) is 0.874. The lowest BCUT2D eigenvalue weighted by Gasteiger charge is -2.15. The molecule has 0 saturated carbocycles. The van der Waals surface area contributed by atoms with Crippen LogP contribution in [0, 0.1) is 0 Å². The van der Waals surface area contributed by atoms with E-state index in [1.165, 1.54) is 29.0 Å². The highest BCUT2D eigenvalue weighted by Crippen LogP contribution is 2.31. The number of halogens is 1. The fourth-order valence-corrected chi connectivity index (χ4v) is 3.78. The molecule has 1 saturated heterocycles. The van der Waals surface area contributed by atoms with Gasteiger partial charge < -0.3 is 19.7 Å². The van der Waals surface area contributed by atoms with Crippen molar-refractivity contribution < 1.29 is 19.7 Å². The van der Waals surface area contributed by atoms with Gasteiger partial charge in [0, 0.05) is 17.5 Å². The number of nitrogens with zero attached hydrogens (tertiary/aromatic N) is 1. The van der Waals surface area contributed by atoms with Gasteiger partial charge in [0.2, 0.25) is 0 Å². The molecule has 2 aromatic rings. The highest BCUT2D eigenvalue weighted by atomic mass is 79.9. The zero-order chi connectivity index (χ0) is 18.6. The molecule has 1 aliphatic heterocycles. The van der Waals surface area contributed by atoms with E-state index in [2.05, 4.69) is 20.9 Å². The van der Waals surface area contributed by atoms with Crippen LogP contribution in [-0.2, 0) is 9.53 Å². The standard InChI is InChI=1S/C13H13BrN2O5S.C2H4O/c14-10-2-1-9(22-10)6-4-16(13(20)15-12(6)19)11-3-7(18)8(5-17)21-11;1-2-3/h1-2,4,7-8,11,17-18H,3,5H2,(H,15,19,20);2H,1H3/t7-,8+,11-;/m0./s1. The molecule has 8 nitrogen and oxygen atoms in total. The third kappa shape index (κ3) is 4.53. The van der Waals surface area contributed by atoms with Crippen LogP contribution in [0.15, 0.2) is 31.7 Å². The van der Waals surface area contributed by atoms with Crippen LogP contribution in [0.1, 0.15) is 19.6 Å². The van der Waals surface area contributed by atoms with Crippen LogP contribution in [0.25, 0.3) is 10.4 Å². The number of aliphatic hydroxyl groups excluding tert-OH is 2. The molecule has 3 rings (SSSR count). The SMILES string of the molecule is CC=O.O=c1[nH]c(=O)n([C@@H]2C[C@H](O)[C@@H](CO)O2)cc1-c1ccc(Br)s1. The summed E-state index contributed by atoms with van der Waals surface area (Å²) < 4.78 is 7.57. The van der Waals surface area contributed by atoms with E-state index in [1.54, 1.807) is 6.07 Å². The zero-order valence-electron chi connectivity index (χ0n) is 13.2. The van der Waals surface area contributed by atoms with Crippen LogP contribution in [-0.4, -0.2) is 44.9 Å². The molecular weight excluding hydrogens is 416 g/mol. The molecule has 3 heterocycles. The van der Waals surface area contributed by atoms with Crippen LogP contribution in [0.5, 0.6) is 0 Å². The van der Waals surface area contributed by atoms with E-state index in [9.17, 15) is 14.7 Å². The van der Waals surface area contributed by atoms with E-state index in [-0.39, 0.29) is 13.0 Å². The Balaban J connectivity index is 0.000000701. The minimum atomic E-state index is -0.854. The second-order valence-corrected chi connectivity index (χ2v) is 7.63. The fourth-order valence-electron chi connectivity index (χ4n) is 2.38. The van der Waals surface area contributed by atoms with Gasteiger partial charge in [-0.25, -0.2) is 4.79 Å². The number of aromatic nitrogens is 2. The molecule has 3 N–H and O–H groups in total. The number of aromatic amines is 1. The number of thiophene rings is 1. The third-order valence-electron chi connectivity index (χ3n) is 3.50. The summed E-state index contributed by atoms with van der Waals surface area (Å²) in [5, 5.41) is 18.9. The summed E-state index contributed by atoms with van der Waals surface area (Å²) in [5.74, 6) is 0. The molecule has 1 fully saturated rings. The zero-order valence-corrected chi connectivity index (χ0v) is 15.6. The molecular formula is C15H17BrN2O6S. The molecule has 0 radical (unpaired) electrons. The number of aliphatic hydroxyl groups is 2. The number of rotatable bonds is 3. The lowest BCUT2D eigenvalue weighted by molar-refractivity contribution is -0.106. The first-order valence-corrected chi connectivity index (χ1v) is 8.97. The van der Waals surface area contributed by atoms with Crippen molar-refractivity contribution in [1.29, 1.82) is 0 Å². The van der Waals surface area contributed by atoms with Gasteiger partial charge in [-0.1, -0.05) is 0 Å². The van der Waals surface area contributed by atoms with E-state index in [1.807, 2.05) is 6.07 Å². The van der Waals surface area contributed by atoms with Crippen LogP contribution >= 0.6 is 27.3 Å². The second kappa shape index (κ2) is 8.68. The number of ether oxygens (including phenoxy) is 1. The Hall–Kier alpha value is -1.59. The number of nitrogens with one attached hydrogen (secondary N) is 1. The fraction of sp³-hybridized carbons (Fsp3) is 0.400. The molecule has 0 amide bonds. The van der Waals surface area contributed by atoms with Crippen molar-refractivity contribution in [3.8, 4) is 10.4 Å². The number of H-pyrrole nitrogens is 1. The molecule has 0 unspecified atom stereocenters. The maximum Gasteiger partial charge on any atom is 0.330 e. The second-order valence-electron chi connectivity index (χ2n) is 5.16. The summed E-state index contributed by atoms with van der Waals surface area (Å²) in [6.07, 6.45) is 0.0383. The monoisotopic (exact) mass is 432 g/mol. The van der Waals surface area contributed by atoms with Gasteiger partial charge in [-0.3, -0.25) is 14.3 Å². The average molecular weight is 433 g/mol. The number of aldehydes is 1. The van der Waals surface area contributed by atoms with Crippen molar-refractivity contribution in [2.24, 2.45) is 0 Å². The van der Waals surface area contributed by atoms with E-state index < -0.39 is 29.7 Å². The Morgan fingerprint density at radius 1 is 1.48 bits per heavy atom. The normalized spacial score (nSPS) is 22.3. The van der Waals surface area contributed by atoms with Crippen LogP contribution in [0.3, 0.4) is 0 Å². The smallest absolute Gasteiger partial charge is 0.330 e. The largest absolute Gasteiger partial charge is 0.394 e. The van der Waals surface area contributed by atoms with Crippen molar-refractivity contribution in [2.45, 2.75) is 31.8 Å². The maximum atomic E-state index is 12.0. The molecule has 10 heteroatoms. The minimum Gasteiger partial charge on any atom is -0.394 e. The Morgan fingerprint density at radius 3 is 2.68 bits per heavy atom. The lowest BCUT2D eigenvalue weighted by atomic mass is 10.2. The number of hydrogen-bond donors (Lipinski definition) is 3. The molecule has 0 aromatic carbocycles. The van der Waals surface area contributed by atoms with Crippen LogP contribution < -0.4 is 11.2 Å². The van der Waals surface area contributed by atoms with Gasteiger partial charge in [0.1, 0.15) is 18.6 Å². The highest BCUT2D eigenvalue weighted by molar-refractivity contribution is 9.11. The van der Waals surface area contributed by atoms with E-state index in [0.29, 0.717) is 10.4 Å². The van der Waals surface area contributed by atoms with Crippen molar-refractivity contribution in [3.63, 3.8) is 0 Å². The van der Waals surface area contributed by atoms with Gasteiger partial charge in [-0.2, -0.15) is 0 Å². The van der Waals surface area contributed by atoms with Crippen molar-refractivity contribution in [3.05, 3.63) is 43.0 Å². The maximum absolute atomic E-state index is 12.0. The third-order valence-corrected chi connectivity index (χ3v) is 5.16. The Labute approximate surface area is 154 Å². The summed E-state index contributed by atoms with van der Waals surface area (Å²) in [7, 11) is 0. The van der Waals surface area contributed by atoms with Gasteiger partial charge in [0.25, 0.3) is 5.56 Å². The molecule has 0 spiro atoms. The van der Waals surface area contributed by atoms with Crippen LogP contribution in [0.4, 0.5) is 0 Å². The Kier molecular flexibility index (Phi) is 6.85. The molecule has 25 heavy (non-hydrogen) atoms. The lowest BCUT2D eigenvalue weighted by Crippen LogP contribution is -2.33. The topological polar surface area (TPSA) is 122 Å². The summed E-state index contributed by atoms with van der Waals surface area (Å²) in [5.41, 5.74) is -0.742. The Morgan fingerprint density at radius 2 is 2.16 bits per heavy atom. The van der Waals surface area contributed by atoms with Gasteiger partial charge in [-0.15, -0.1) is 11.3 Å². The van der Waals surface area contributed by atoms with E-state index in [0.717, 1.165) is 10.1 Å². The first-order valence-electron chi connectivity index (χ1n) is 7.36. The summed E-state index contributed by atoms with van der Waals surface area (Å²) >= 11 is 4.70. The summed E-state index contributed by atoms with van der Waals surface area (Å²) in [6.45, 7) is 1.11. The Bertz CT molecular complexity index is 845. The van der Waals surface area contributed by atoms with E-state index >= 15 is 0 Å². The van der Waals surface area contributed by atoms with Gasteiger partial charge in [0.15, 0.2) is 0 Å². The summed E-state index contributed by atoms with van der Waals surface area (Å²) in [6, 6.07) is 3.58. The minimum absolute atomic E-state index is 0.171. The van der Waals surface area contributed by atoms with Gasteiger partial charge >= 0.3 is 5.69 Å². The van der Waals surface area contributed by atoms with Gasteiger partial charge in [-0.05, 0) is 35.0 Å². The van der Waals surface area contributed by atoms with E-state index in [4.69, 9.17) is 14.6 Å². The molecule has 0 bridgehead atoms. The van der Waals surface area contributed by atoms with Crippen molar-refractivity contribution in [1.82, 2.24) is 9.55 Å². The molecule has 136 valence electrons. The summed E-state index contributed by atoms with van der Waals surface area (Å²) in [4.78, 5) is 35.8.